The molecule has 0 N–H and O–H groups in total. The lowest BCUT2D eigenvalue weighted by Gasteiger charge is -2.14. The third-order valence-corrected chi connectivity index (χ3v) is 6.61. The van der Waals surface area contributed by atoms with Crippen LogP contribution in [0.15, 0.2) is 65.5 Å². The predicted molar refractivity (Wildman–Crippen MR) is 140 cm³/mol. The summed E-state index contributed by atoms with van der Waals surface area (Å²) in [5, 5.41) is 0. The molecule has 0 aliphatic rings. The van der Waals surface area contributed by atoms with Gasteiger partial charge in [-0.05, 0) is 68.3 Å². The minimum atomic E-state index is -0.0689. The third-order valence-electron chi connectivity index (χ3n) is 5.64. The van der Waals surface area contributed by atoms with Crippen molar-refractivity contribution >= 4 is 33.4 Å². The largest absolute Gasteiger partial charge is 0.490 e. The molecule has 0 amide bonds. The first-order valence-corrected chi connectivity index (χ1v) is 12.4. The first kappa shape index (κ1) is 22.9. The summed E-state index contributed by atoms with van der Waals surface area (Å²) in [6, 6.07) is 19.5. The van der Waals surface area contributed by atoms with E-state index in [9.17, 15) is 4.79 Å². The molecule has 2 aromatic heterocycles. The van der Waals surface area contributed by atoms with Crippen molar-refractivity contribution in [1.29, 1.82) is 0 Å². The number of hydrogen-bond acceptors (Lipinski definition) is 6. The molecule has 2 heterocycles. The molecule has 5 rings (SSSR count). The van der Waals surface area contributed by atoms with E-state index >= 15 is 0 Å². The Balaban J connectivity index is 1.35. The van der Waals surface area contributed by atoms with Gasteiger partial charge in [0.25, 0.3) is 5.56 Å². The van der Waals surface area contributed by atoms with Gasteiger partial charge in [0.15, 0.2) is 16.5 Å². The number of hydrogen-bond donors (Lipinski definition) is 0. The van der Waals surface area contributed by atoms with E-state index in [0.29, 0.717) is 40.8 Å². The summed E-state index contributed by atoms with van der Waals surface area (Å²) in [5.41, 5.74) is 4.75. The van der Waals surface area contributed by atoms with Crippen LogP contribution in [0.5, 0.6) is 17.2 Å². The van der Waals surface area contributed by atoms with Crippen molar-refractivity contribution < 1.29 is 14.2 Å². The van der Waals surface area contributed by atoms with Crippen molar-refractivity contribution in [1.82, 2.24) is 9.38 Å². The van der Waals surface area contributed by atoms with E-state index in [2.05, 4.69) is 18.0 Å². The number of para-hydroxylation sites is 2. The zero-order valence-corrected chi connectivity index (χ0v) is 20.7. The van der Waals surface area contributed by atoms with Gasteiger partial charge in [0, 0.05) is 0 Å². The highest BCUT2D eigenvalue weighted by Gasteiger charge is 2.11. The van der Waals surface area contributed by atoms with E-state index in [0.717, 1.165) is 27.9 Å². The summed E-state index contributed by atoms with van der Waals surface area (Å²) in [7, 11) is 0. The lowest BCUT2D eigenvalue weighted by atomic mass is 10.1. The second-order valence-electron chi connectivity index (χ2n) is 8.24. The van der Waals surface area contributed by atoms with Crippen molar-refractivity contribution in [3.63, 3.8) is 0 Å². The normalized spacial score (nSPS) is 11.9. The molecule has 0 unspecified atom stereocenters. The van der Waals surface area contributed by atoms with Gasteiger partial charge in [-0.15, -0.1) is 0 Å². The summed E-state index contributed by atoms with van der Waals surface area (Å²) >= 11 is 1.38. The Morgan fingerprint density at radius 1 is 0.914 bits per heavy atom. The molecule has 35 heavy (non-hydrogen) atoms. The molecule has 6 nitrogen and oxygen atoms in total. The molecule has 0 aliphatic heterocycles. The van der Waals surface area contributed by atoms with E-state index in [1.807, 2.05) is 74.5 Å². The minimum absolute atomic E-state index is 0.0689. The van der Waals surface area contributed by atoms with Crippen LogP contribution in [0.4, 0.5) is 0 Å². The fourth-order valence-corrected chi connectivity index (χ4v) is 5.02. The summed E-state index contributed by atoms with van der Waals surface area (Å²) < 4.78 is 19.9. The van der Waals surface area contributed by atoms with Crippen LogP contribution in [0.3, 0.4) is 0 Å². The summed E-state index contributed by atoms with van der Waals surface area (Å²) in [6.45, 7) is 7.34. The number of aryl methyl sites for hydroxylation is 2. The van der Waals surface area contributed by atoms with E-state index in [-0.39, 0.29) is 5.56 Å². The Morgan fingerprint density at radius 3 is 2.49 bits per heavy atom. The van der Waals surface area contributed by atoms with Crippen LogP contribution in [0.2, 0.25) is 0 Å². The van der Waals surface area contributed by atoms with Crippen LogP contribution in [0.25, 0.3) is 22.1 Å². The van der Waals surface area contributed by atoms with E-state index in [1.54, 1.807) is 4.40 Å². The number of nitrogens with zero attached hydrogens (tertiary/aromatic N) is 2. The number of aromatic nitrogens is 2. The summed E-state index contributed by atoms with van der Waals surface area (Å²) in [6.07, 6.45) is 1.87. The van der Waals surface area contributed by atoms with Crippen molar-refractivity contribution in [2.45, 2.75) is 20.8 Å². The Kier molecular flexibility index (Phi) is 6.42. The van der Waals surface area contributed by atoms with Gasteiger partial charge in [-0.1, -0.05) is 47.2 Å². The van der Waals surface area contributed by atoms with Crippen LogP contribution in [0, 0.1) is 13.8 Å². The third kappa shape index (κ3) is 4.72. The fraction of sp³-hybridized carbons (Fsp3) is 0.214. The smallest absolute Gasteiger partial charge is 0.274 e. The van der Waals surface area contributed by atoms with Gasteiger partial charge in [-0.2, -0.15) is 0 Å². The van der Waals surface area contributed by atoms with Gasteiger partial charge >= 0.3 is 0 Å². The van der Waals surface area contributed by atoms with Gasteiger partial charge in [0.05, 0.1) is 22.2 Å². The monoisotopic (exact) mass is 486 g/mol. The molecule has 7 heteroatoms. The highest BCUT2D eigenvalue weighted by atomic mass is 32.1. The molecule has 0 spiro atoms. The molecule has 0 bridgehead atoms. The van der Waals surface area contributed by atoms with E-state index in [4.69, 9.17) is 14.2 Å². The van der Waals surface area contributed by atoms with Gasteiger partial charge in [-0.3, -0.25) is 4.79 Å². The van der Waals surface area contributed by atoms with E-state index in [1.165, 1.54) is 16.9 Å². The first-order valence-electron chi connectivity index (χ1n) is 11.5. The molecule has 0 saturated carbocycles. The number of rotatable bonds is 8. The minimum Gasteiger partial charge on any atom is -0.490 e. The Labute approximate surface area is 207 Å². The molecule has 5 aromatic rings. The molecule has 0 atom stereocenters. The maximum Gasteiger partial charge on any atom is 0.274 e. The van der Waals surface area contributed by atoms with Crippen molar-refractivity contribution in [3.05, 3.63) is 92.2 Å². The average Bonchev–Trinajstić information content (AvgIpc) is 3.35. The quantitative estimate of drug-likeness (QED) is 0.291. The maximum atomic E-state index is 13.1. The maximum absolute atomic E-state index is 13.1. The standard InChI is InChI=1S/C28H26N2O4S/c1-4-32-25-16-20(10-12-24(25)34-14-13-33-23-11-9-18(2)15-19(23)3)17-26-27(31)30-22-8-6-5-7-21(22)29-28(30)35-26/h5-12,15-17H,4,13-14H2,1-3H3/b26-17+. The molecule has 3 aromatic carbocycles. The van der Waals surface area contributed by atoms with Crippen molar-refractivity contribution in [2.24, 2.45) is 0 Å². The first-order chi connectivity index (χ1) is 17.0. The van der Waals surface area contributed by atoms with Crippen LogP contribution < -0.4 is 24.3 Å². The molecule has 178 valence electrons. The number of thiazole rings is 1. The number of imidazole rings is 1. The molecular formula is C28H26N2O4S. The topological polar surface area (TPSA) is 62.1 Å². The second kappa shape index (κ2) is 9.80. The Bertz CT molecular complexity index is 1620. The number of fused-ring (bicyclic) bond motifs is 3. The van der Waals surface area contributed by atoms with Gasteiger partial charge in [0.1, 0.15) is 19.0 Å². The Morgan fingerprint density at radius 2 is 1.69 bits per heavy atom. The SMILES string of the molecule is CCOc1cc(/C=c2/sc3nc4ccccc4n3c2=O)ccc1OCCOc1ccc(C)cc1C. The zero-order valence-electron chi connectivity index (χ0n) is 19.9. The lowest BCUT2D eigenvalue weighted by Crippen LogP contribution is -2.22. The summed E-state index contributed by atoms with van der Waals surface area (Å²) in [5.74, 6) is 2.13. The van der Waals surface area contributed by atoms with E-state index < -0.39 is 0 Å². The second-order valence-corrected chi connectivity index (χ2v) is 9.25. The van der Waals surface area contributed by atoms with Crippen LogP contribution >= 0.6 is 11.3 Å². The van der Waals surface area contributed by atoms with Crippen molar-refractivity contribution in [2.75, 3.05) is 19.8 Å². The lowest BCUT2D eigenvalue weighted by molar-refractivity contribution is 0.207. The average molecular weight is 487 g/mol. The highest BCUT2D eigenvalue weighted by Crippen LogP contribution is 2.29. The number of benzene rings is 3. The van der Waals surface area contributed by atoms with Crippen LogP contribution in [-0.4, -0.2) is 29.2 Å². The van der Waals surface area contributed by atoms with Gasteiger partial charge in [0.2, 0.25) is 0 Å². The van der Waals surface area contributed by atoms with Gasteiger partial charge < -0.3 is 14.2 Å². The van der Waals surface area contributed by atoms with Gasteiger partial charge in [-0.25, -0.2) is 9.38 Å². The number of ether oxygens (including phenoxy) is 3. The van der Waals surface area contributed by atoms with Crippen molar-refractivity contribution in [3.8, 4) is 17.2 Å². The summed E-state index contributed by atoms with van der Waals surface area (Å²) in [4.78, 5) is 18.3. The zero-order chi connectivity index (χ0) is 24.4. The molecular weight excluding hydrogens is 460 g/mol. The molecule has 0 radical (unpaired) electrons. The molecule has 0 fully saturated rings. The highest BCUT2D eigenvalue weighted by molar-refractivity contribution is 7.15. The predicted octanol–water partition coefficient (Wildman–Crippen LogP) is 4.93. The molecule has 0 saturated heterocycles. The van der Waals surface area contributed by atoms with Crippen LogP contribution in [-0.2, 0) is 0 Å². The molecule has 0 aliphatic carbocycles. The van der Waals surface area contributed by atoms with Crippen LogP contribution in [0.1, 0.15) is 23.6 Å². The Hall–Kier alpha value is -3.84. The fourth-order valence-electron chi connectivity index (χ4n) is 4.03.